The molecule has 0 aliphatic carbocycles. The zero-order chi connectivity index (χ0) is 20.8. The average molecular weight is 390 g/mol. The van der Waals surface area contributed by atoms with Gasteiger partial charge in [0.2, 0.25) is 0 Å². The maximum Gasteiger partial charge on any atom is 0.338 e. The quantitative estimate of drug-likeness (QED) is 0.616. The molecule has 5 nitrogen and oxygen atoms in total. The number of carbonyl (C=O) groups excluding carboxylic acids is 2. The molecule has 0 unspecified atom stereocenters. The largest absolute Gasteiger partial charge is 0.452 e. The molecule has 0 bridgehead atoms. The molecule has 150 valence electrons. The molecule has 3 rings (SSSR count). The van der Waals surface area contributed by atoms with Crippen LogP contribution >= 0.6 is 0 Å². The van der Waals surface area contributed by atoms with Crippen molar-refractivity contribution in [2.45, 2.75) is 26.7 Å². The minimum Gasteiger partial charge on any atom is -0.452 e. The number of hydrogen-bond donors (Lipinski definition) is 1. The number of aromatic nitrogens is 1. The summed E-state index contributed by atoms with van der Waals surface area (Å²) in [7, 11) is 0. The molecule has 1 heterocycles. The SMILES string of the molecule is Cc1ccc(C)n1-c1ccc(C(=O)OCC(=O)NC[C@H](C)c2ccccc2)cc1. The lowest BCUT2D eigenvalue weighted by molar-refractivity contribution is -0.124. The predicted molar refractivity (Wildman–Crippen MR) is 113 cm³/mol. The lowest BCUT2D eigenvalue weighted by Crippen LogP contribution is -2.31. The van der Waals surface area contributed by atoms with Gasteiger partial charge in [0, 0.05) is 23.6 Å². The molecule has 2 aromatic carbocycles. The smallest absolute Gasteiger partial charge is 0.338 e. The molecule has 0 saturated carbocycles. The van der Waals surface area contributed by atoms with Gasteiger partial charge in [-0.1, -0.05) is 37.3 Å². The van der Waals surface area contributed by atoms with Crippen LogP contribution in [0.2, 0.25) is 0 Å². The van der Waals surface area contributed by atoms with Gasteiger partial charge in [-0.2, -0.15) is 0 Å². The molecule has 1 atom stereocenters. The second-order valence-corrected chi connectivity index (χ2v) is 7.19. The second kappa shape index (κ2) is 9.24. The zero-order valence-corrected chi connectivity index (χ0v) is 17.0. The fraction of sp³-hybridized carbons (Fsp3) is 0.250. The highest BCUT2D eigenvalue weighted by molar-refractivity contribution is 5.91. The Morgan fingerprint density at radius 1 is 0.931 bits per heavy atom. The fourth-order valence-electron chi connectivity index (χ4n) is 3.25. The van der Waals surface area contributed by atoms with Crippen LogP contribution in [0.5, 0.6) is 0 Å². The molecule has 3 aromatic rings. The molecular weight excluding hydrogens is 364 g/mol. The Kier molecular flexibility index (Phi) is 6.50. The number of ether oxygens (including phenoxy) is 1. The van der Waals surface area contributed by atoms with Crippen LogP contribution in [-0.4, -0.2) is 29.6 Å². The molecule has 0 radical (unpaired) electrons. The number of esters is 1. The van der Waals surface area contributed by atoms with Crippen molar-refractivity contribution >= 4 is 11.9 Å². The van der Waals surface area contributed by atoms with Crippen LogP contribution in [0.3, 0.4) is 0 Å². The summed E-state index contributed by atoms with van der Waals surface area (Å²) >= 11 is 0. The van der Waals surface area contributed by atoms with Gasteiger partial charge in [0.25, 0.3) is 5.91 Å². The van der Waals surface area contributed by atoms with E-state index in [0.717, 1.165) is 22.6 Å². The topological polar surface area (TPSA) is 60.3 Å². The highest BCUT2D eigenvalue weighted by atomic mass is 16.5. The van der Waals surface area contributed by atoms with Crippen LogP contribution in [0.1, 0.15) is 40.2 Å². The Hall–Kier alpha value is -3.34. The van der Waals surface area contributed by atoms with Crippen LogP contribution in [0.15, 0.2) is 66.7 Å². The minimum atomic E-state index is -0.510. The third kappa shape index (κ3) is 5.13. The van der Waals surface area contributed by atoms with Crippen molar-refractivity contribution in [2.75, 3.05) is 13.2 Å². The number of nitrogens with zero attached hydrogens (tertiary/aromatic N) is 1. The van der Waals surface area contributed by atoms with Gasteiger partial charge in [-0.25, -0.2) is 4.79 Å². The van der Waals surface area contributed by atoms with E-state index in [0.29, 0.717) is 12.1 Å². The third-order valence-electron chi connectivity index (χ3n) is 4.94. The molecule has 0 spiro atoms. The first-order valence-electron chi connectivity index (χ1n) is 9.70. The zero-order valence-electron chi connectivity index (χ0n) is 17.0. The molecule has 0 fully saturated rings. The fourth-order valence-corrected chi connectivity index (χ4v) is 3.25. The number of rotatable bonds is 7. The van der Waals surface area contributed by atoms with E-state index in [1.54, 1.807) is 12.1 Å². The normalized spacial score (nSPS) is 11.7. The summed E-state index contributed by atoms with van der Waals surface area (Å²) in [5.41, 5.74) is 4.80. The van der Waals surface area contributed by atoms with Crippen molar-refractivity contribution < 1.29 is 14.3 Å². The highest BCUT2D eigenvalue weighted by Gasteiger charge is 2.12. The lowest BCUT2D eigenvalue weighted by atomic mass is 10.0. The standard InChI is InChI=1S/C24H26N2O3/c1-17(20-7-5-4-6-8-20)15-25-23(27)16-29-24(28)21-11-13-22(14-12-21)26-18(2)9-10-19(26)3/h4-14,17H,15-16H2,1-3H3,(H,25,27)/t17-/m0/s1. The number of aryl methyl sites for hydroxylation is 2. The van der Waals surface area contributed by atoms with Gasteiger partial charge in [0.1, 0.15) is 0 Å². The van der Waals surface area contributed by atoms with Gasteiger partial charge in [0.15, 0.2) is 6.61 Å². The van der Waals surface area contributed by atoms with Crippen molar-refractivity contribution in [1.82, 2.24) is 9.88 Å². The molecule has 1 aromatic heterocycles. The summed E-state index contributed by atoms with van der Waals surface area (Å²) in [4.78, 5) is 24.2. The number of hydrogen-bond acceptors (Lipinski definition) is 3. The van der Waals surface area contributed by atoms with E-state index in [4.69, 9.17) is 4.74 Å². The molecule has 5 heteroatoms. The first kappa shape index (κ1) is 20.4. The Morgan fingerprint density at radius 3 is 2.17 bits per heavy atom. The van der Waals surface area contributed by atoms with Gasteiger partial charge in [0.05, 0.1) is 5.56 Å². The van der Waals surface area contributed by atoms with Crippen molar-refractivity contribution in [3.8, 4) is 5.69 Å². The number of carbonyl (C=O) groups is 2. The van der Waals surface area contributed by atoms with Crippen molar-refractivity contribution in [3.05, 3.63) is 89.2 Å². The first-order valence-corrected chi connectivity index (χ1v) is 9.70. The molecule has 0 aliphatic rings. The monoisotopic (exact) mass is 390 g/mol. The van der Waals surface area contributed by atoms with Gasteiger partial charge < -0.3 is 14.6 Å². The number of amides is 1. The summed E-state index contributed by atoms with van der Waals surface area (Å²) < 4.78 is 7.26. The van der Waals surface area contributed by atoms with Crippen LogP contribution in [-0.2, 0) is 9.53 Å². The van der Waals surface area contributed by atoms with E-state index in [-0.39, 0.29) is 18.4 Å². The summed E-state index contributed by atoms with van der Waals surface area (Å²) in [5.74, 6) is -0.635. The molecule has 1 amide bonds. The maximum atomic E-state index is 12.2. The van der Waals surface area contributed by atoms with E-state index in [9.17, 15) is 9.59 Å². The molecule has 29 heavy (non-hydrogen) atoms. The van der Waals surface area contributed by atoms with E-state index in [2.05, 4.69) is 22.0 Å². The van der Waals surface area contributed by atoms with Gasteiger partial charge in [-0.05, 0) is 61.7 Å². The van der Waals surface area contributed by atoms with Crippen molar-refractivity contribution in [2.24, 2.45) is 0 Å². The van der Waals surface area contributed by atoms with E-state index < -0.39 is 5.97 Å². The summed E-state index contributed by atoms with van der Waals surface area (Å²) in [6.07, 6.45) is 0. The predicted octanol–water partition coefficient (Wildman–Crippen LogP) is 4.17. The van der Waals surface area contributed by atoms with E-state index >= 15 is 0 Å². The average Bonchev–Trinajstić information content (AvgIpc) is 3.09. The Morgan fingerprint density at radius 2 is 1.55 bits per heavy atom. The summed E-state index contributed by atoms with van der Waals surface area (Å²) in [6, 6.07) is 21.2. The van der Waals surface area contributed by atoms with Crippen LogP contribution in [0, 0.1) is 13.8 Å². The van der Waals surface area contributed by atoms with Crippen molar-refractivity contribution in [1.29, 1.82) is 0 Å². The van der Waals surface area contributed by atoms with Gasteiger partial charge >= 0.3 is 5.97 Å². The van der Waals surface area contributed by atoms with Crippen LogP contribution < -0.4 is 5.32 Å². The van der Waals surface area contributed by atoms with Gasteiger partial charge in [-0.3, -0.25) is 4.79 Å². The maximum absolute atomic E-state index is 12.2. The van der Waals surface area contributed by atoms with E-state index in [1.165, 1.54) is 0 Å². The molecule has 0 saturated heterocycles. The Labute approximate surface area is 171 Å². The van der Waals surface area contributed by atoms with E-state index in [1.807, 2.05) is 63.2 Å². The van der Waals surface area contributed by atoms with Gasteiger partial charge in [-0.15, -0.1) is 0 Å². The summed E-state index contributed by atoms with van der Waals surface area (Å²) in [6.45, 7) is 6.30. The molecular formula is C24H26N2O3. The minimum absolute atomic E-state index is 0.184. The summed E-state index contributed by atoms with van der Waals surface area (Å²) in [5, 5.41) is 2.81. The second-order valence-electron chi connectivity index (χ2n) is 7.19. The Balaban J connectivity index is 1.49. The van der Waals surface area contributed by atoms with Crippen molar-refractivity contribution in [3.63, 3.8) is 0 Å². The molecule has 0 aliphatic heterocycles. The Bertz CT molecular complexity index is 956. The first-order chi connectivity index (χ1) is 14.0. The lowest BCUT2D eigenvalue weighted by Gasteiger charge is -2.13. The third-order valence-corrected chi connectivity index (χ3v) is 4.94. The number of benzene rings is 2. The number of nitrogens with one attached hydrogen (secondary N) is 1. The molecule has 1 N–H and O–H groups in total. The highest BCUT2D eigenvalue weighted by Crippen LogP contribution is 2.17. The van der Waals surface area contributed by atoms with Crippen LogP contribution in [0.25, 0.3) is 5.69 Å². The van der Waals surface area contributed by atoms with Crippen LogP contribution in [0.4, 0.5) is 0 Å².